The number of aromatic nitrogens is 6. The molecule has 2 aromatic heterocycles. The van der Waals surface area contributed by atoms with Gasteiger partial charge in [-0.3, -0.25) is 9.13 Å². The monoisotopic (exact) mass is 548 g/mol. The van der Waals surface area contributed by atoms with Gasteiger partial charge >= 0.3 is 5.69 Å². The van der Waals surface area contributed by atoms with Gasteiger partial charge in [-0.15, -0.1) is 5.10 Å². The van der Waals surface area contributed by atoms with Crippen molar-refractivity contribution in [2.75, 3.05) is 0 Å². The van der Waals surface area contributed by atoms with Gasteiger partial charge in [-0.25, -0.2) is 9.89 Å². The van der Waals surface area contributed by atoms with Crippen LogP contribution in [-0.2, 0) is 13.0 Å². The van der Waals surface area contributed by atoms with Crippen LogP contribution in [0.15, 0.2) is 82.2 Å². The van der Waals surface area contributed by atoms with Gasteiger partial charge in [0.25, 0.3) is 0 Å². The third kappa shape index (κ3) is 4.59. The second-order valence-electron chi connectivity index (χ2n) is 8.17. The second-order valence-corrected chi connectivity index (χ2v) is 9.43. The SMILES string of the molecule is CCCc1cn(-c2c(Cl)cccc2Br)c(=O)n1Cc1ccc(-c2ccccc2-c2nnn[nH]2)cc1. The number of hydrogen-bond donors (Lipinski definition) is 1. The highest BCUT2D eigenvalue weighted by Gasteiger charge is 2.17. The largest absolute Gasteiger partial charge is 0.333 e. The number of halogens is 2. The Balaban J connectivity index is 1.49. The highest BCUT2D eigenvalue weighted by Crippen LogP contribution is 2.30. The smallest absolute Gasteiger partial charge is 0.292 e. The van der Waals surface area contributed by atoms with Gasteiger partial charge in [-0.2, -0.15) is 0 Å². The van der Waals surface area contributed by atoms with Gasteiger partial charge in [-0.1, -0.05) is 79.5 Å². The molecule has 0 amide bonds. The maximum absolute atomic E-state index is 13.5. The lowest BCUT2D eigenvalue weighted by Gasteiger charge is -2.10. The zero-order valence-electron chi connectivity index (χ0n) is 18.9. The van der Waals surface area contributed by atoms with Crippen molar-refractivity contribution in [2.45, 2.75) is 26.3 Å². The van der Waals surface area contributed by atoms with Crippen LogP contribution in [0.3, 0.4) is 0 Å². The highest BCUT2D eigenvalue weighted by atomic mass is 79.9. The molecule has 0 saturated heterocycles. The van der Waals surface area contributed by atoms with E-state index in [1.165, 1.54) is 0 Å². The lowest BCUT2D eigenvalue weighted by Crippen LogP contribution is -2.25. The first kappa shape index (κ1) is 23.3. The summed E-state index contributed by atoms with van der Waals surface area (Å²) in [7, 11) is 0. The summed E-state index contributed by atoms with van der Waals surface area (Å²) in [5, 5.41) is 14.8. The number of rotatable bonds is 7. The fourth-order valence-electron chi connectivity index (χ4n) is 4.22. The summed E-state index contributed by atoms with van der Waals surface area (Å²) in [6.45, 7) is 2.57. The van der Waals surface area contributed by atoms with Crippen molar-refractivity contribution in [3.8, 4) is 28.2 Å². The zero-order chi connectivity index (χ0) is 24.4. The Morgan fingerprint density at radius 2 is 1.77 bits per heavy atom. The van der Waals surface area contributed by atoms with E-state index in [4.69, 9.17) is 11.6 Å². The number of aryl methyl sites for hydroxylation is 1. The van der Waals surface area contributed by atoms with Crippen LogP contribution in [0.1, 0.15) is 24.6 Å². The number of nitrogens with zero attached hydrogens (tertiary/aromatic N) is 5. The van der Waals surface area contributed by atoms with E-state index in [0.29, 0.717) is 23.1 Å². The minimum atomic E-state index is -0.116. The van der Waals surface area contributed by atoms with Gasteiger partial charge in [-0.05, 0) is 61.6 Å². The molecule has 0 unspecified atom stereocenters. The van der Waals surface area contributed by atoms with E-state index in [1.54, 1.807) is 10.6 Å². The molecule has 0 radical (unpaired) electrons. The first-order valence-electron chi connectivity index (χ1n) is 11.2. The maximum atomic E-state index is 13.5. The summed E-state index contributed by atoms with van der Waals surface area (Å²) in [4.78, 5) is 13.5. The Morgan fingerprint density at radius 1 is 1.00 bits per heavy atom. The molecule has 5 rings (SSSR count). The van der Waals surface area contributed by atoms with Crippen LogP contribution in [-0.4, -0.2) is 29.8 Å². The van der Waals surface area contributed by atoms with Crippen LogP contribution in [0.2, 0.25) is 5.02 Å². The quantitative estimate of drug-likeness (QED) is 0.274. The van der Waals surface area contributed by atoms with Crippen LogP contribution in [0.25, 0.3) is 28.2 Å². The molecule has 9 heteroatoms. The molecule has 35 heavy (non-hydrogen) atoms. The summed E-state index contributed by atoms with van der Waals surface area (Å²) >= 11 is 9.99. The van der Waals surface area contributed by atoms with Crippen LogP contribution >= 0.6 is 27.5 Å². The molecular formula is C26H22BrClN6O. The number of H-pyrrole nitrogens is 1. The molecule has 5 aromatic rings. The second kappa shape index (κ2) is 10.0. The van der Waals surface area contributed by atoms with Crippen LogP contribution < -0.4 is 5.69 Å². The lowest BCUT2D eigenvalue weighted by atomic mass is 9.98. The summed E-state index contributed by atoms with van der Waals surface area (Å²) in [5.74, 6) is 0.618. The van der Waals surface area contributed by atoms with Crippen molar-refractivity contribution in [2.24, 2.45) is 0 Å². The van der Waals surface area contributed by atoms with Crippen molar-refractivity contribution in [1.82, 2.24) is 29.8 Å². The number of para-hydroxylation sites is 1. The average molecular weight is 550 g/mol. The minimum absolute atomic E-state index is 0.116. The van der Waals surface area contributed by atoms with Crippen molar-refractivity contribution in [1.29, 1.82) is 0 Å². The van der Waals surface area contributed by atoms with Crippen molar-refractivity contribution < 1.29 is 0 Å². The molecule has 2 heterocycles. The van der Waals surface area contributed by atoms with E-state index >= 15 is 0 Å². The average Bonchev–Trinajstić information content (AvgIpc) is 3.50. The number of imidazole rings is 1. The molecule has 176 valence electrons. The van der Waals surface area contributed by atoms with E-state index in [2.05, 4.69) is 67.7 Å². The van der Waals surface area contributed by atoms with Gasteiger partial charge in [0.2, 0.25) is 0 Å². The van der Waals surface area contributed by atoms with Crippen LogP contribution in [0, 0.1) is 0 Å². The predicted molar refractivity (Wildman–Crippen MR) is 141 cm³/mol. The number of aromatic amines is 1. The third-order valence-corrected chi connectivity index (χ3v) is 6.82. The van der Waals surface area contributed by atoms with Gasteiger partial charge < -0.3 is 0 Å². The Bertz CT molecular complexity index is 1500. The third-order valence-electron chi connectivity index (χ3n) is 5.88. The zero-order valence-corrected chi connectivity index (χ0v) is 21.3. The highest BCUT2D eigenvalue weighted by molar-refractivity contribution is 9.10. The maximum Gasteiger partial charge on any atom is 0.333 e. The molecule has 0 fully saturated rings. The summed E-state index contributed by atoms with van der Waals surface area (Å²) in [5.41, 5.74) is 5.53. The van der Waals surface area contributed by atoms with E-state index in [1.807, 2.05) is 47.2 Å². The molecule has 0 saturated carbocycles. The van der Waals surface area contributed by atoms with Crippen molar-refractivity contribution in [3.63, 3.8) is 0 Å². The standard InChI is InChI=1S/C26H22BrClN6O/c1-2-6-19-16-34(24-22(27)9-5-10-23(24)28)26(35)33(19)15-17-11-13-18(14-12-17)20-7-3-4-8-21(20)25-29-31-32-30-25/h3-5,7-14,16H,2,6,15H2,1H3,(H,29,30,31,32). The molecule has 0 aliphatic rings. The van der Waals surface area contributed by atoms with Gasteiger partial charge in [0, 0.05) is 21.9 Å². The molecule has 3 aromatic carbocycles. The molecule has 0 atom stereocenters. The molecule has 7 nitrogen and oxygen atoms in total. The normalized spacial score (nSPS) is 11.2. The molecular weight excluding hydrogens is 528 g/mol. The first-order valence-corrected chi connectivity index (χ1v) is 12.4. The topological polar surface area (TPSA) is 81.4 Å². The fraction of sp³-hybridized carbons (Fsp3) is 0.154. The molecule has 0 aliphatic heterocycles. The van der Waals surface area contributed by atoms with Gasteiger partial charge in [0.05, 0.1) is 17.3 Å². The Hall–Kier alpha value is -3.49. The first-order chi connectivity index (χ1) is 17.1. The summed E-state index contributed by atoms with van der Waals surface area (Å²) in [6.07, 6.45) is 3.62. The molecule has 1 N–H and O–H groups in total. The summed E-state index contributed by atoms with van der Waals surface area (Å²) in [6, 6.07) is 21.7. The molecule has 0 spiro atoms. The van der Waals surface area contributed by atoms with E-state index in [0.717, 1.165) is 45.3 Å². The molecule has 0 aliphatic carbocycles. The Labute approximate surface area is 215 Å². The predicted octanol–water partition coefficient (Wildman–Crippen LogP) is 5.90. The van der Waals surface area contributed by atoms with Gasteiger partial charge in [0.15, 0.2) is 5.82 Å². The number of tetrazole rings is 1. The Kier molecular flexibility index (Phi) is 6.66. The lowest BCUT2D eigenvalue weighted by molar-refractivity contribution is 0.691. The van der Waals surface area contributed by atoms with Crippen LogP contribution in [0.5, 0.6) is 0 Å². The van der Waals surface area contributed by atoms with E-state index in [-0.39, 0.29) is 5.69 Å². The van der Waals surface area contributed by atoms with Crippen LogP contribution in [0.4, 0.5) is 0 Å². The minimum Gasteiger partial charge on any atom is -0.292 e. The van der Waals surface area contributed by atoms with Gasteiger partial charge in [0.1, 0.15) is 0 Å². The van der Waals surface area contributed by atoms with E-state index < -0.39 is 0 Å². The van der Waals surface area contributed by atoms with Crippen molar-refractivity contribution >= 4 is 27.5 Å². The summed E-state index contributed by atoms with van der Waals surface area (Å²) < 4.78 is 4.23. The fourth-order valence-corrected chi connectivity index (χ4v) is 5.15. The number of benzene rings is 3. The molecule has 0 bridgehead atoms. The van der Waals surface area contributed by atoms with Crippen molar-refractivity contribution in [3.05, 3.63) is 104 Å². The number of hydrogen-bond acceptors (Lipinski definition) is 4. The Morgan fingerprint density at radius 3 is 2.46 bits per heavy atom. The number of nitrogens with one attached hydrogen (secondary N) is 1. The van der Waals surface area contributed by atoms with E-state index in [9.17, 15) is 4.79 Å².